The monoisotopic (exact) mass is 346 g/mol. The number of H-pyrrole nitrogens is 1. The average molecular weight is 346 g/mol. The molecular weight excluding hydrogens is 323 g/mol. The van der Waals surface area contributed by atoms with Crippen molar-refractivity contribution in [1.82, 2.24) is 9.88 Å². The highest BCUT2D eigenvalue weighted by Crippen LogP contribution is 2.51. The molecule has 2 aromatic rings. The summed E-state index contributed by atoms with van der Waals surface area (Å²) in [5.41, 5.74) is 1.05. The zero-order valence-corrected chi connectivity index (χ0v) is 14.3. The molecule has 4 rings (SSSR count). The zero-order chi connectivity index (χ0) is 17.6. The number of amides is 1. The van der Waals surface area contributed by atoms with Crippen LogP contribution in [0.4, 0.5) is 4.39 Å². The number of ether oxygens (including phenoxy) is 1. The normalized spacial score (nSPS) is 25.3. The van der Waals surface area contributed by atoms with Gasteiger partial charge < -0.3 is 19.7 Å². The molecule has 0 unspecified atom stereocenters. The van der Waals surface area contributed by atoms with Gasteiger partial charge in [-0.3, -0.25) is 4.79 Å². The molecule has 1 aromatic heterocycles. The fourth-order valence-corrected chi connectivity index (χ4v) is 4.38. The summed E-state index contributed by atoms with van der Waals surface area (Å²) in [6, 6.07) is 4.42. The maximum Gasteiger partial charge on any atom is 0.256 e. The lowest BCUT2D eigenvalue weighted by atomic mass is 9.58. The van der Waals surface area contributed by atoms with Crippen molar-refractivity contribution in [2.24, 2.45) is 5.41 Å². The Kier molecular flexibility index (Phi) is 4.04. The first-order chi connectivity index (χ1) is 12.0. The zero-order valence-electron chi connectivity index (χ0n) is 14.3. The number of aliphatic hydroxyl groups excluding tert-OH is 1. The van der Waals surface area contributed by atoms with E-state index in [1.54, 1.807) is 17.2 Å². The Morgan fingerprint density at radius 1 is 1.44 bits per heavy atom. The highest BCUT2D eigenvalue weighted by molar-refractivity contribution is 6.06. The number of benzene rings is 1. The van der Waals surface area contributed by atoms with Crippen molar-refractivity contribution in [2.45, 2.75) is 38.4 Å². The Bertz CT molecular complexity index is 793. The third kappa shape index (κ3) is 2.55. The van der Waals surface area contributed by atoms with Crippen molar-refractivity contribution < 1.29 is 19.0 Å². The highest BCUT2D eigenvalue weighted by atomic mass is 19.1. The minimum atomic E-state index is -0.351. The number of likely N-dealkylation sites (tertiary alicyclic amines) is 1. The first kappa shape index (κ1) is 16.5. The molecule has 2 atom stereocenters. The number of piperidine rings is 1. The van der Waals surface area contributed by atoms with E-state index in [4.69, 9.17) is 4.74 Å². The van der Waals surface area contributed by atoms with E-state index in [2.05, 4.69) is 4.98 Å². The molecule has 134 valence electrons. The van der Waals surface area contributed by atoms with Gasteiger partial charge in [-0.2, -0.15) is 0 Å². The van der Waals surface area contributed by atoms with Gasteiger partial charge in [0.05, 0.1) is 17.8 Å². The van der Waals surface area contributed by atoms with Crippen molar-refractivity contribution >= 4 is 16.8 Å². The number of nitrogens with one attached hydrogen (secondary N) is 1. The van der Waals surface area contributed by atoms with Gasteiger partial charge in [0.1, 0.15) is 5.82 Å². The van der Waals surface area contributed by atoms with Crippen molar-refractivity contribution in [3.8, 4) is 0 Å². The van der Waals surface area contributed by atoms with Crippen LogP contribution in [0.5, 0.6) is 0 Å². The molecule has 0 radical (unpaired) electrons. The van der Waals surface area contributed by atoms with Crippen LogP contribution in [0.25, 0.3) is 10.9 Å². The fourth-order valence-electron chi connectivity index (χ4n) is 4.38. The SMILES string of the molecule is CCO[C@@H]1C[C@@H](O)C12CCN(C(=O)c1c[nH]c3ccc(F)cc13)CC2. The van der Waals surface area contributed by atoms with Crippen molar-refractivity contribution in [1.29, 1.82) is 0 Å². The Balaban J connectivity index is 1.50. The van der Waals surface area contributed by atoms with Crippen LogP contribution in [0.2, 0.25) is 0 Å². The number of aliphatic hydroxyl groups is 1. The highest BCUT2D eigenvalue weighted by Gasteiger charge is 2.56. The molecule has 1 aliphatic carbocycles. The predicted octanol–water partition coefficient (Wildman–Crippen LogP) is 2.70. The van der Waals surface area contributed by atoms with E-state index in [1.165, 1.54) is 12.1 Å². The molecule has 1 saturated carbocycles. The van der Waals surface area contributed by atoms with Gasteiger partial charge in [0.25, 0.3) is 5.91 Å². The minimum Gasteiger partial charge on any atom is -0.392 e. The van der Waals surface area contributed by atoms with Gasteiger partial charge in [-0.05, 0) is 38.0 Å². The lowest BCUT2D eigenvalue weighted by Crippen LogP contribution is -2.62. The summed E-state index contributed by atoms with van der Waals surface area (Å²) in [5.74, 6) is -0.440. The number of rotatable bonds is 3. The van der Waals surface area contributed by atoms with Crippen LogP contribution in [0.1, 0.15) is 36.5 Å². The molecule has 1 amide bonds. The van der Waals surface area contributed by atoms with E-state index in [9.17, 15) is 14.3 Å². The van der Waals surface area contributed by atoms with Crippen molar-refractivity contribution in [3.63, 3.8) is 0 Å². The molecule has 0 bridgehead atoms. The average Bonchev–Trinajstić information content (AvgIpc) is 3.04. The summed E-state index contributed by atoms with van der Waals surface area (Å²) in [4.78, 5) is 17.7. The lowest BCUT2D eigenvalue weighted by Gasteiger charge is -2.56. The molecule has 6 heteroatoms. The van der Waals surface area contributed by atoms with Crippen LogP contribution in [-0.4, -0.2) is 52.8 Å². The number of aromatic amines is 1. The Morgan fingerprint density at radius 2 is 2.20 bits per heavy atom. The first-order valence-electron chi connectivity index (χ1n) is 8.91. The summed E-state index contributed by atoms with van der Waals surface area (Å²) in [7, 11) is 0. The largest absolute Gasteiger partial charge is 0.392 e. The Labute approximate surface area is 145 Å². The maximum atomic E-state index is 13.5. The molecule has 25 heavy (non-hydrogen) atoms. The molecule has 1 saturated heterocycles. The fraction of sp³-hybridized carbons (Fsp3) is 0.526. The van der Waals surface area contributed by atoms with Gasteiger partial charge >= 0.3 is 0 Å². The predicted molar refractivity (Wildman–Crippen MR) is 91.9 cm³/mol. The van der Waals surface area contributed by atoms with Crippen molar-refractivity contribution in [2.75, 3.05) is 19.7 Å². The van der Waals surface area contributed by atoms with Gasteiger partial charge in [-0.25, -0.2) is 4.39 Å². The molecular formula is C19H23FN2O3. The number of carbonyl (C=O) groups is 1. The molecule has 2 heterocycles. The Morgan fingerprint density at radius 3 is 2.88 bits per heavy atom. The molecule has 2 N–H and O–H groups in total. The number of fused-ring (bicyclic) bond motifs is 1. The molecule has 1 aliphatic heterocycles. The van der Waals surface area contributed by atoms with Gasteiger partial charge in [0.15, 0.2) is 0 Å². The van der Waals surface area contributed by atoms with E-state index in [0.29, 0.717) is 37.1 Å². The molecule has 5 nitrogen and oxygen atoms in total. The summed E-state index contributed by atoms with van der Waals surface area (Å²) in [6.07, 6.45) is 3.56. The quantitative estimate of drug-likeness (QED) is 0.898. The van der Waals surface area contributed by atoms with Crippen LogP contribution in [0.15, 0.2) is 24.4 Å². The van der Waals surface area contributed by atoms with Gasteiger partial charge in [-0.15, -0.1) is 0 Å². The van der Waals surface area contributed by atoms with E-state index in [-0.39, 0.29) is 29.3 Å². The van der Waals surface area contributed by atoms with E-state index >= 15 is 0 Å². The molecule has 1 spiro atoms. The number of hydrogen-bond donors (Lipinski definition) is 2. The summed E-state index contributed by atoms with van der Waals surface area (Å²) in [6.45, 7) is 3.78. The van der Waals surface area contributed by atoms with Crippen LogP contribution < -0.4 is 0 Å². The summed E-state index contributed by atoms with van der Waals surface area (Å²) < 4.78 is 19.3. The topological polar surface area (TPSA) is 65.6 Å². The number of hydrogen-bond acceptors (Lipinski definition) is 3. The minimum absolute atomic E-state index is 0.0894. The maximum absolute atomic E-state index is 13.5. The number of halogens is 1. The van der Waals surface area contributed by atoms with Crippen LogP contribution in [0.3, 0.4) is 0 Å². The standard InChI is InChI=1S/C19H23FN2O3/c1-2-25-17-10-16(23)19(17)5-7-22(8-6-19)18(24)14-11-21-15-4-3-12(20)9-13(14)15/h3-4,9,11,16-17,21,23H,2,5-8,10H2,1H3/t16-,17-/m1/s1. The summed E-state index contributed by atoms with van der Waals surface area (Å²) in [5, 5.41) is 10.9. The first-order valence-corrected chi connectivity index (χ1v) is 8.91. The molecule has 2 aliphatic rings. The molecule has 2 fully saturated rings. The number of aromatic nitrogens is 1. The van der Waals surface area contributed by atoms with Crippen molar-refractivity contribution in [3.05, 3.63) is 35.8 Å². The van der Waals surface area contributed by atoms with E-state index in [1.807, 2.05) is 6.92 Å². The third-order valence-electron chi connectivity index (χ3n) is 5.97. The van der Waals surface area contributed by atoms with Crippen LogP contribution in [-0.2, 0) is 4.74 Å². The second-order valence-electron chi connectivity index (χ2n) is 7.11. The third-order valence-corrected chi connectivity index (χ3v) is 5.97. The second kappa shape index (κ2) is 6.11. The number of carbonyl (C=O) groups excluding carboxylic acids is 1. The number of nitrogens with zero attached hydrogens (tertiary/aromatic N) is 1. The second-order valence-corrected chi connectivity index (χ2v) is 7.11. The smallest absolute Gasteiger partial charge is 0.256 e. The van der Waals surface area contributed by atoms with Gasteiger partial charge in [0.2, 0.25) is 0 Å². The van der Waals surface area contributed by atoms with Gasteiger partial charge in [0, 0.05) is 48.6 Å². The van der Waals surface area contributed by atoms with E-state index < -0.39 is 0 Å². The molecule has 1 aromatic carbocycles. The van der Waals surface area contributed by atoms with Crippen LogP contribution >= 0.6 is 0 Å². The van der Waals surface area contributed by atoms with Gasteiger partial charge in [-0.1, -0.05) is 0 Å². The van der Waals surface area contributed by atoms with E-state index in [0.717, 1.165) is 18.4 Å². The van der Waals surface area contributed by atoms with Crippen LogP contribution in [0, 0.1) is 11.2 Å². The lowest BCUT2D eigenvalue weighted by molar-refractivity contribution is -0.207. The Hall–Kier alpha value is -1.92. The summed E-state index contributed by atoms with van der Waals surface area (Å²) >= 11 is 0.